The average Bonchev–Trinajstić information content (AvgIpc) is 2.40. The number of rotatable bonds is 4. The van der Waals surface area contributed by atoms with Crippen LogP contribution < -0.4 is 16.0 Å². The molecule has 0 heterocycles. The predicted octanol–water partition coefficient (Wildman–Crippen LogP) is 4.18. The Morgan fingerprint density at radius 2 is 2.00 bits per heavy atom. The SMILES string of the molecule is CCOC(=O)NC(NC(=S)Nc1ccccc1Br)C(Cl)(Cl)Cl. The number of thiocarbonyl (C=S) groups is 1. The van der Waals surface area contributed by atoms with Gasteiger partial charge in [-0.1, -0.05) is 46.9 Å². The molecule has 0 fully saturated rings. The van der Waals surface area contributed by atoms with E-state index in [9.17, 15) is 4.79 Å². The summed E-state index contributed by atoms with van der Waals surface area (Å²) in [4.78, 5) is 11.5. The number of benzene rings is 1. The molecule has 3 N–H and O–H groups in total. The summed E-state index contributed by atoms with van der Waals surface area (Å²) in [5, 5.41) is 8.19. The van der Waals surface area contributed by atoms with E-state index < -0.39 is 16.1 Å². The highest BCUT2D eigenvalue weighted by Gasteiger charge is 2.35. The standard InChI is InChI=1S/C12H13BrCl3N3O2S/c1-2-21-11(20)19-9(12(14,15)16)18-10(22)17-8-6-4-3-5-7(8)13/h3-6,9H,2H2,1H3,(H,19,20)(H2,17,18,22). The lowest BCUT2D eigenvalue weighted by atomic mass is 10.3. The molecule has 0 aliphatic carbocycles. The minimum Gasteiger partial charge on any atom is -0.450 e. The van der Waals surface area contributed by atoms with E-state index in [0.717, 1.165) is 10.2 Å². The van der Waals surface area contributed by atoms with Gasteiger partial charge in [-0.25, -0.2) is 4.79 Å². The first-order chi connectivity index (χ1) is 10.2. The van der Waals surface area contributed by atoms with Gasteiger partial charge in [0.1, 0.15) is 0 Å². The first kappa shape index (κ1) is 19.6. The van der Waals surface area contributed by atoms with Crippen LogP contribution in [0.1, 0.15) is 6.92 Å². The predicted molar refractivity (Wildman–Crippen MR) is 97.7 cm³/mol. The van der Waals surface area contributed by atoms with Crippen LogP contribution in [-0.2, 0) is 4.74 Å². The molecule has 0 aliphatic heterocycles. The van der Waals surface area contributed by atoms with Crippen molar-refractivity contribution in [3.8, 4) is 0 Å². The number of halogens is 4. The van der Waals surface area contributed by atoms with E-state index in [-0.39, 0.29) is 11.7 Å². The van der Waals surface area contributed by atoms with E-state index in [4.69, 9.17) is 51.8 Å². The normalized spacial score (nSPS) is 12.2. The van der Waals surface area contributed by atoms with Crippen molar-refractivity contribution in [1.29, 1.82) is 0 Å². The van der Waals surface area contributed by atoms with Gasteiger partial charge in [0.2, 0.25) is 3.79 Å². The van der Waals surface area contributed by atoms with Gasteiger partial charge in [-0.3, -0.25) is 5.32 Å². The van der Waals surface area contributed by atoms with Crippen LogP contribution in [0, 0.1) is 0 Å². The number of anilines is 1. The number of hydrogen-bond donors (Lipinski definition) is 3. The number of alkyl carbamates (subject to hydrolysis) is 1. The van der Waals surface area contributed by atoms with Crippen molar-refractivity contribution in [3.05, 3.63) is 28.7 Å². The van der Waals surface area contributed by atoms with Crippen LogP contribution in [-0.4, -0.2) is 27.8 Å². The monoisotopic (exact) mass is 447 g/mol. The highest BCUT2D eigenvalue weighted by molar-refractivity contribution is 9.10. The molecule has 5 nitrogen and oxygen atoms in total. The number of para-hydroxylation sites is 1. The highest BCUT2D eigenvalue weighted by atomic mass is 79.9. The van der Waals surface area contributed by atoms with E-state index in [1.807, 2.05) is 18.2 Å². The molecule has 1 atom stereocenters. The molecular weight excluding hydrogens is 436 g/mol. The number of hydrogen-bond acceptors (Lipinski definition) is 3. The molecule has 122 valence electrons. The summed E-state index contributed by atoms with van der Waals surface area (Å²) in [5.74, 6) is 0. The van der Waals surface area contributed by atoms with E-state index in [0.29, 0.717) is 0 Å². The molecule has 0 spiro atoms. The number of ether oxygens (including phenoxy) is 1. The van der Waals surface area contributed by atoms with Crippen molar-refractivity contribution in [2.45, 2.75) is 16.9 Å². The fourth-order valence-corrected chi connectivity index (χ4v) is 2.28. The maximum atomic E-state index is 11.5. The third kappa shape index (κ3) is 6.75. The second kappa shape index (κ2) is 8.98. The first-order valence-electron chi connectivity index (χ1n) is 6.06. The Balaban J connectivity index is 2.71. The third-order valence-electron chi connectivity index (χ3n) is 2.26. The number of nitrogens with one attached hydrogen (secondary N) is 3. The number of carbonyl (C=O) groups excluding carboxylic acids is 1. The molecule has 1 aromatic rings. The average molecular weight is 450 g/mol. The summed E-state index contributed by atoms with van der Waals surface area (Å²) in [6.07, 6.45) is -1.80. The van der Waals surface area contributed by atoms with Gasteiger partial charge in [0, 0.05) is 4.47 Å². The summed E-state index contributed by atoms with van der Waals surface area (Å²) < 4.78 is 3.73. The molecule has 10 heteroatoms. The zero-order chi connectivity index (χ0) is 16.8. The second-order valence-electron chi connectivity index (χ2n) is 3.92. The molecule has 0 bridgehead atoms. The summed E-state index contributed by atoms with van der Waals surface area (Å²) in [5.41, 5.74) is 0.721. The molecule has 1 aromatic carbocycles. The van der Waals surface area contributed by atoms with E-state index in [2.05, 4.69) is 31.9 Å². The summed E-state index contributed by atoms with van der Waals surface area (Å²) in [7, 11) is 0. The molecule has 1 amide bonds. The Kier molecular flexibility index (Phi) is 7.99. The Morgan fingerprint density at radius 1 is 1.36 bits per heavy atom. The Labute approximate surface area is 157 Å². The first-order valence-corrected chi connectivity index (χ1v) is 8.39. The van der Waals surface area contributed by atoms with Gasteiger partial charge in [0.25, 0.3) is 0 Å². The number of carbonyl (C=O) groups is 1. The van der Waals surface area contributed by atoms with Crippen LogP contribution in [0.2, 0.25) is 0 Å². The van der Waals surface area contributed by atoms with Crippen molar-refractivity contribution in [2.75, 3.05) is 11.9 Å². The number of alkyl halides is 3. The van der Waals surface area contributed by atoms with Gasteiger partial charge < -0.3 is 15.4 Å². The molecule has 0 saturated carbocycles. The molecule has 1 rings (SSSR count). The van der Waals surface area contributed by atoms with Crippen LogP contribution in [0.4, 0.5) is 10.5 Å². The Morgan fingerprint density at radius 3 is 2.55 bits per heavy atom. The Bertz CT molecular complexity index is 543. The van der Waals surface area contributed by atoms with Crippen molar-refractivity contribution in [3.63, 3.8) is 0 Å². The molecule has 22 heavy (non-hydrogen) atoms. The van der Waals surface area contributed by atoms with Gasteiger partial charge in [-0.2, -0.15) is 0 Å². The van der Waals surface area contributed by atoms with Gasteiger partial charge in [0.15, 0.2) is 11.3 Å². The minimum atomic E-state index is -1.83. The number of amides is 1. The zero-order valence-corrected chi connectivity index (χ0v) is 16.0. The summed E-state index contributed by atoms with van der Waals surface area (Å²) in [6, 6.07) is 7.34. The quantitative estimate of drug-likeness (QED) is 0.366. The lowest BCUT2D eigenvalue weighted by molar-refractivity contribution is 0.147. The molecule has 0 radical (unpaired) electrons. The lowest BCUT2D eigenvalue weighted by Crippen LogP contribution is -2.56. The van der Waals surface area contributed by atoms with Crippen molar-refractivity contribution >= 4 is 79.8 Å². The van der Waals surface area contributed by atoms with E-state index >= 15 is 0 Å². The largest absolute Gasteiger partial charge is 0.450 e. The highest BCUT2D eigenvalue weighted by Crippen LogP contribution is 2.29. The van der Waals surface area contributed by atoms with Crippen LogP contribution >= 0.6 is 63.0 Å². The molecule has 1 unspecified atom stereocenters. The Hall–Kier alpha value is -0.470. The van der Waals surface area contributed by atoms with Gasteiger partial charge in [-0.15, -0.1) is 0 Å². The van der Waals surface area contributed by atoms with E-state index in [1.165, 1.54) is 0 Å². The van der Waals surface area contributed by atoms with Crippen LogP contribution in [0.15, 0.2) is 28.7 Å². The molecule has 0 aromatic heterocycles. The van der Waals surface area contributed by atoms with Crippen LogP contribution in [0.25, 0.3) is 0 Å². The van der Waals surface area contributed by atoms with Crippen molar-refractivity contribution in [1.82, 2.24) is 10.6 Å². The smallest absolute Gasteiger partial charge is 0.408 e. The summed E-state index contributed by atoms with van der Waals surface area (Å²) >= 11 is 26.0. The topological polar surface area (TPSA) is 62.4 Å². The summed E-state index contributed by atoms with van der Waals surface area (Å²) in [6.45, 7) is 1.86. The van der Waals surface area contributed by atoms with Crippen LogP contribution in [0.5, 0.6) is 0 Å². The third-order valence-corrected chi connectivity index (χ3v) is 3.83. The fourth-order valence-electron chi connectivity index (χ4n) is 1.34. The fraction of sp³-hybridized carbons (Fsp3) is 0.333. The van der Waals surface area contributed by atoms with Gasteiger partial charge in [-0.05, 0) is 47.2 Å². The van der Waals surface area contributed by atoms with Crippen LogP contribution in [0.3, 0.4) is 0 Å². The lowest BCUT2D eigenvalue weighted by Gasteiger charge is -2.27. The minimum absolute atomic E-state index is 0.167. The van der Waals surface area contributed by atoms with E-state index in [1.54, 1.807) is 13.0 Å². The molecular formula is C12H13BrCl3N3O2S. The van der Waals surface area contributed by atoms with Gasteiger partial charge >= 0.3 is 6.09 Å². The van der Waals surface area contributed by atoms with Gasteiger partial charge in [0.05, 0.1) is 12.3 Å². The maximum absolute atomic E-state index is 11.5. The molecule has 0 saturated heterocycles. The van der Waals surface area contributed by atoms with Crippen molar-refractivity contribution < 1.29 is 9.53 Å². The second-order valence-corrected chi connectivity index (χ2v) is 7.55. The molecule has 0 aliphatic rings. The zero-order valence-electron chi connectivity index (χ0n) is 11.3. The maximum Gasteiger partial charge on any atom is 0.408 e. The van der Waals surface area contributed by atoms with Crippen molar-refractivity contribution in [2.24, 2.45) is 0 Å².